The lowest BCUT2D eigenvalue weighted by molar-refractivity contribution is -0.156. The zero-order valence-corrected chi connectivity index (χ0v) is 8.89. The first-order valence-electron chi connectivity index (χ1n) is 4.82. The summed E-state index contributed by atoms with van der Waals surface area (Å²) in [4.78, 5) is 0. The molecule has 0 bridgehead atoms. The highest BCUT2D eigenvalue weighted by Gasteiger charge is 2.45. The summed E-state index contributed by atoms with van der Waals surface area (Å²) in [5, 5.41) is -0.469. The molecule has 1 fully saturated rings. The Morgan fingerprint density at radius 1 is 1.36 bits per heavy atom. The van der Waals surface area contributed by atoms with Gasteiger partial charge in [-0.3, -0.25) is 0 Å². The van der Waals surface area contributed by atoms with Gasteiger partial charge in [-0.05, 0) is 12.5 Å². The van der Waals surface area contributed by atoms with E-state index in [1.807, 2.05) is 0 Å². The van der Waals surface area contributed by atoms with Crippen LogP contribution in [0.1, 0.15) is 16.7 Å². The molecular weight excluding hydrogens is 196 g/mol. The maximum atomic E-state index is 5.77. The van der Waals surface area contributed by atoms with E-state index in [0.717, 1.165) is 12.4 Å². The van der Waals surface area contributed by atoms with E-state index in [1.165, 1.54) is 16.7 Å². The summed E-state index contributed by atoms with van der Waals surface area (Å²) >= 11 is 1.76. The molecule has 0 unspecified atom stereocenters. The predicted octanol–water partition coefficient (Wildman–Crippen LogP) is 2.40. The van der Waals surface area contributed by atoms with Gasteiger partial charge < -0.3 is 9.47 Å². The molecule has 1 saturated heterocycles. The molecule has 1 aromatic carbocycles. The molecule has 1 atom stereocenters. The first-order chi connectivity index (χ1) is 6.80. The van der Waals surface area contributed by atoms with Gasteiger partial charge in [0.15, 0.2) is 0 Å². The van der Waals surface area contributed by atoms with Gasteiger partial charge in [0, 0.05) is 11.3 Å². The Morgan fingerprint density at radius 2 is 2.29 bits per heavy atom. The topological polar surface area (TPSA) is 18.5 Å². The van der Waals surface area contributed by atoms with Crippen molar-refractivity contribution in [3.05, 3.63) is 34.9 Å². The van der Waals surface area contributed by atoms with Crippen LogP contribution in [0.15, 0.2) is 18.2 Å². The highest BCUT2D eigenvalue weighted by molar-refractivity contribution is 8.00. The molecule has 2 aliphatic rings. The Bertz CT molecular complexity index is 370. The third-order valence-corrected chi connectivity index (χ3v) is 3.88. The molecule has 3 heteroatoms. The Kier molecular flexibility index (Phi) is 1.87. The molecule has 0 aromatic heterocycles. The Hall–Kier alpha value is -0.510. The first kappa shape index (κ1) is 8.77. The first-order valence-corrected chi connectivity index (χ1v) is 5.81. The van der Waals surface area contributed by atoms with Crippen LogP contribution in [0.5, 0.6) is 0 Å². The summed E-state index contributed by atoms with van der Waals surface area (Å²) in [6.45, 7) is 3.58. The number of aryl methyl sites for hydroxylation is 1. The minimum Gasteiger partial charge on any atom is -0.337 e. The van der Waals surface area contributed by atoms with Crippen LogP contribution in [0.25, 0.3) is 0 Å². The average Bonchev–Trinajstić information content (AvgIpc) is 2.77. The molecule has 0 radical (unpaired) electrons. The molecule has 74 valence electrons. The van der Waals surface area contributed by atoms with Crippen LogP contribution in [-0.2, 0) is 21.2 Å². The number of fused-ring (bicyclic) bond motifs is 2. The number of hydrogen-bond donors (Lipinski definition) is 0. The average molecular weight is 208 g/mol. The number of hydrogen-bond acceptors (Lipinski definition) is 3. The summed E-state index contributed by atoms with van der Waals surface area (Å²) in [6, 6.07) is 6.44. The molecule has 2 nitrogen and oxygen atoms in total. The highest BCUT2D eigenvalue weighted by Crippen LogP contribution is 2.49. The summed E-state index contributed by atoms with van der Waals surface area (Å²) < 4.78 is 11.5. The Balaban J connectivity index is 2.09. The van der Waals surface area contributed by atoms with Crippen molar-refractivity contribution in [1.82, 2.24) is 0 Å². The number of ether oxygens (including phenoxy) is 2. The zero-order chi connectivity index (χ0) is 9.60. The van der Waals surface area contributed by atoms with Crippen molar-refractivity contribution in [3.8, 4) is 0 Å². The van der Waals surface area contributed by atoms with Crippen molar-refractivity contribution >= 4 is 11.8 Å². The number of benzene rings is 1. The van der Waals surface area contributed by atoms with Crippen molar-refractivity contribution in [2.24, 2.45) is 0 Å². The van der Waals surface area contributed by atoms with Crippen LogP contribution in [0, 0.1) is 6.92 Å². The van der Waals surface area contributed by atoms with Crippen LogP contribution in [0.2, 0.25) is 0 Å². The van der Waals surface area contributed by atoms with E-state index in [9.17, 15) is 0 Å². The lowest BCUT2D eigenvalue weighted by Crippen LogP contribution is -2.19. The van der Waals surface area contributed by atoms with Crippen LogP contribution < -0.4 is 0 Å². The van der Waals surface area contributed by atoms with Gasteiger partial charge in [-0.15, -0.1) is 0 Å². The minimum atomic E-state index is -0.469. The molecule has 0 amide bonds. The van der Waals surface area contributed by atoms with Crippen molar-refractivity contribution in [2.75, 3.05) is 12.4 Å². The van der Waals surface area contributed by atoms with Crippen molar-refractivity contribution < 1.29 is 9.47 Å². The molecule has 0 N–H and O–H groups in total. The fourth-order valence-electron chi connectivity index (χ4n) is 2.02. The van der Waals surface area contributed by atoms with Crippen molar-refractivity contribution in [2.45, 2.75) is 18.6 Å². The zero-order valence-electron chi connectivity index (χ0n) is 8.08. The van der Waals surface area contributed by atoms with Gasteiger partial charge in [0.2, 0.25) is 5.12 Å². The molecular formula is C11H12O2S. The quantitative estimate of drug-likeness (QED) is 0.652. The molecule has 3 rings (SSSR count). The van der Waals surface area contributed by atoms with E-state index in [2.05, 4.69) is 25.1 Å². The minimum absolute atomic E-state index is 0.469. The summed E-state index contributed by atoms with van der Waals surface area (Å²) in [5.41, 5.74) is 3.78. The molecule has 2 aliphatic heterocycles. The second-order valence-electron chi connectivity index (χ2n) is 3.70. The number of rotatable bonds is 0. The molecule has 2 heterocycles. The van der Waals surface area contributed by atoms with E-state index >= 15 is 0 Å². The van der Waals surface area contributed by atoms with Gasteiger partial charge in [-0.1, -0.05) is 35.5 Å². The molecule has 1 spiro atoms. The van der Waals surface area contributed by atoms with E-state index in [0.29, 0.717) is 6.61 Å². The maximum Gasteiger partial charge on any atom is 0.246 e. The largest absolute Gasteiger partial charge is 0.337 e. The molecule has 0 saturated carbocycles. The monoisotopic (exact) mass is 208 g/mol. The van der Waals surface area contributed by atoms with Gasteiger partial charge in [-0.2, -0.15) is 0 Å². The second kappa shape index (κ2) is 2.99. The van der Waals surface area contributed by atoms with Crippen LogP contribution in [0.3, 0.4) is 0 Å². The van der Waals surface area contributed by atoms with E-state index < -0.39 is 5.12 Å². The number of thioether (sulfide) groups is 1. The smallest absolute Gasteiger partial charge is 0.246 e. The molecule has 14 heavy (non-hydrogen) atoms. The molecule has 0 aliphatic carbocycles. The van der Waals surface area contributed by atoms with E-state index in [1.54, 1.807) is 11.8 Å². The third kappa shape index (κ3) is 1.13. The van der Waals surface area contributed by atoms with Gasteiger partial charge in [0.05, 0.1) is 13.2 Å². The summed E-state index contributed by atoms with van der Waals surface area (Å²) in [6.07, 6.45) is 0. The van der Waals surface area contributed by atoms with Gasteiger partial charge in [0.1, 0.15) is 0 Å². The normalized spacial score (nSPS) is 29.8. The lowest BCUT2D eigenvalue weighted by atomic mass is 10.1. The van der Waals surface area contributed by atoms with Gasteiger partial charge in [-0.25, -0.2) is 0 Å². The van der Waals surface area contributed by atoms with Gasteiger partial charge in [0.25, 0.3) is 0 Å². The summed E-state index contributed by atoms with van der Waals surface area (Å²) in [7, 11) is 0. The summed E-state index contributed by atoms with van der Waals surface area (Å²) in [5.74, 6) is 1.02. The Morgan fingerprint density at radius 3 is 3.07 bits per heavy atom. The third-order valence-electron chi connectivity index (χ3n) is 2.68. The van der Waals surface area contributed by atoms with Crippen LogP contribution in [0.4, 0.5) is 0 Å². The fraction of sp³-hybridized carbons (Fsp3) is 0.455. The lowest BCUT2D eigenvalue weighted by Gasteiger charge is -2.21. The fourth-order valence-corrected chi connectivity index (χ4v) is 3.12. The van der Waals surface area contributed by atoms with E-state index in [-0.39, 0.29) is 0 Å². The van der Waals surface area contributed by atoms with Crippen LogP contribution >= 0.6 is 11.8 Å². The highest BCUT2D eigenvalue weighted by atomic mass is 32.2. The van der Waals surface area contributed by atoms with E-state index in [4.69, 9.17) is 9.47 Å². The predicted molar refractivity (Wildman–Crippen MR) is 56.1 cm³/mol. The second-order valence-corrected chi connectivity index (χ2v) is 4.94. The van der Waals surface area contributed by atoms with Crippen LogP contribution in [-0.4, -0.2) is 12.4 Å². The van der Waals surface area contributed by atoms with Gasteiger partial charge >= 0.3 is 0 Å². The van der Waals surface area contributed by atoms with Crippen molar-refractivity contribution in [1.29, 1.82) is 0 Å². The molecule has 1 aromatic rings. The standard InChI is InChI=1S/C11H12O2S/c1-8-2-3-10-9(6-8)7-13-11(10)12-4-5-14-11/h2-3,6H,4-5,7H2,1H3/t11-/m0/s1. The SMILES string of the molecule is Cc1ccc2c(c1)CO[C@@]21OCCS1. The Labute approximate surface area is 87.6 Å². The maximum absolute atomic E-state index is 5.77. The van der Waals surface area contributed by atoms with Crippen molar-refractivity contribution in [3.63, 3.8) is 0 Å².